The second-order valence-corrected chi connectivity index (χ2v) is 21.5. The average molecular weight is 865 g/mol. The van der Waals surface area contributed by atoms with Crippen molar-refractivity contribution in [3.8, 4) is 23.0 Å². The SMILES string of the molecule is COc1cc(OC)cc(C(=O)[C@H]2[C@H](C)[C@H](N)C[C@H]3C(C)(C)CCC[C@]23C)c1.COc1cc(OC)cc(C(=O)[C@H]2[C@H](C)[C@H](NC(=O)c3cccc(C)c3)C[C@H]3C(C)(C)CCC[C@]23C)c1. The average Bonchev–Trinajstić information content (AvgIpc) is 3.24. The number of carbonyl (C=O) groups excluding carboxylic acids is 3. The number of ketones is 2. The highest BCUT2D eigenvalue weighted by molar-refractivity contribution is 6.00. The molecule has 9 nitrogen and oxygen atoms in total. The Labute approximate surface area is 377 Å². The molecule has 0 spiro atoms. The number of carbonyl (C=O) groups is 3. The van der Waals surface area contributed by atoms with Crippen molar-refractivity contribution in [1.29, 1.82) is 0 Å². The molecule has 9 heteroatoms. The summed E-state index contributed by atoms with van der Waals surface area (Å²) < 4.78 is 21.7. The predicted molar refractivity (Wildman–Crippen MR) is 251 cm³/mol. The maximum absolute atomic E-state index is 14.3. The van der Waals surface area contributed by atoms with E-state index in [0.717, 1.165) is 44.1 Å². The lowest BCUT2D eigenvalue weighted by atomic mass is 9.45. The minimum Gasteiger partial charge on any atom is -0.497 e. The number of hydrogen-bond donors (Lipinski definition) is 2. The van der Waals surface area contributed by atoms with Crippen molar-refractivity contribution in [2.24, 2.45) is 62.9 Å². The van der Waals surface area contributed by atoms with Crippen molar-refractivity contribution in [1.82, 2.24) is 5.32 Å². The van der Waals surface area contributed by atoms with Crippen LogP contribution < -0.4 is 30.0 Å². The topological polar surface area (TPSA) is 126 Å². The molecule has 1 amide bonds. The zero-order valence-corrected chi connectivity index (χ0v) is 40.5. The van der Waals surface area contributed by atoms with Crippen LogP contribution in [-0.2, 0) is 0 Å². The van der Waals surface area contributed by atoms with E-state index in [1.807, 2.05) is 55.5 Å². The summed E-state index contributed by atoms with van der Waals surface area (Å²) in [5.74, 6) is 3.35. The van der Waals surface area contributed by atoms with E-state index in [4.69, 9.17) is 24.7 Å². The molecular weight excluding hydrogens is 789 g/mol. The zero-order valence-electron chi connectivity index (χ0n) is 40.5. The lowest BCUT2D eigenvalue weighted by Gasteiger charge is -2.60. The van der Waals surface area contributed by atoms with Crippen molar-refractivity contribution >= 4 is 17.5 Å². The number of fused-ring (bicyclic) bond motifs is 2. The third-order valence-corrected chi connectivity index (χ3v) is 16.8. The van der Waals surface area contributed by atoms with Gasteiger partial charge in [0, 0.05) is 52.7 Å². The van der Waals surface area contributed by atoms with E-state index in [1.54, 1.807) is 40.6 Å². The summed E-state index contributed by atoms with van der Waals surface area (Å²) in [5.41, 5.74) is 9.71. The summed E-state index contributed by atoms with van der Waals surface area (Å²) in [6.07, 6.45) is 8.63. The molecule has 63 heavy (non-hydrogen) atoms. The molecule has 344 valence electrons. The van der Waals surface area contributed by atoms with Crippen molar-refractivity contribution in [3.63, 3.8) is 0 Å². The first-order valence-electron chi connectivity index (χ1n) is 23.3. The highest BCUT2D eigenvalue weighted by atomic mass is 16.5. The summed E-state index contributed by atoms with van der Waals surface area (Å²) in [6, 6.07) is 18.6. The van der Waals surface area contributed by atoms with E-state index in [2.05, 4.69) is 60.7 Å². The predicted octanol–water partition coefficient (Wildman–Crippen LogP) is 11.2. The van der Waals surface area contributed by atoms with Gasteiger partial charge in [0.2, 0.25) is 0 Å². The van der Waals surface area contributed by atoms with Crippen LogP contribution in [0.25, 0.3) is 0 Å². The van der Waals surface area contributed by atoms with E-state index >= 15 is 0 Å². The van der Waals surface area contributed by atoms with Crippen molar-refractivity contribution in [3.05, 3.63) is 82.9 Å². The number of amides is 1. The van der Waals surface area contributed by atoms with Crippen LogP contribution in [0.15, 0.2) is 60.7 Å². The van der Waals surface area contributed by atoms with Crippen molar-refractivity contribution in [2.45, 2.75) is 126 Å². The van der Waals surface area contributed by atoms with Gasteiger partial charge in [-0.25, -0.2) is 0 Å². The highest BCUT2D eigenvalue weighted by Crippen LogP contribution is 2.63. The molecule has 0 bridgehead atoms. The summed E-state index contributed by atoms with van der Waals surface area (Å²) in [6.45, 7) is 20.3. The molecule has 0 unspecified atom stereocenters. The number of rotatable bonds is 10. The lowest BCUT2D eigenvalue weighted by molar-refractivity contribution is -0.0902. The van der Waals surface area contributed by atoms with Gasteiger partial charge in [0.25, 0.3) is 5.91 Å². The Balaban J connectivity index is 0.000000219. The van der Waals surface area contributed by atoms with Crippen LogP contribution in [0.3, 0.4) is 0 Å². The van der Waals surface area contributed by atoms with Gasteiger partial charge in [0.15, 0.2) is 11.6 Å². The molecule has 3 aromatic carbocycles. The van der Waals surface area contributed by atoms with Gasteiger partial charge in [-0.2, -0.15) is 0 Å². The molecule has 4 fully saturated rings. The Kier molecular flexibility index (Phi) is 14.2. The molecule has 4 aliphatic rings. The first-order chi connectivity index (χ1) is 29.6. The van der Waals surface area contributed by atoms with Gasteiger partial charge in [-0.1, -0.05) is 85.9 Å². The molecule has 7 rings (SSSR count). The van der Waals surface area contributed by atoms with Crippen LogP contribution in [0.1, 0.15) is 143 Å². The standard InChI is InChI=1S/C31H41NO4.C23H35NO3/c1-19-10-8-11-21(14-19)29(34)32-25-18-26-30(3,4)12-9-13-31(26,5)27(20(25)2)28(33)22-15-23(35-6)17-24(16-22)36-7;1-14-18(24)13-19-22(2,3)8-7-9-23(19,4)20(14)21(25)15-10-16(26-5)12-17(11-15)27-6/h8,10-11,14-17,20,25-27H,9,12-13,18H2,1-7H3,(H,32,34);10-12,14,18-20H,7-9,13,24H2,1-6H3/t20-,25-,26+,27-,31+;14-,18-,19+,20-,23+/m11/s1. The fourth-order valence-electron chi connectivity index (χ4n) is 13.5. The summed E-state index contributed by atoms with van der Waals surface area (Å²) in [5, 5.41) is 3.34. The largest absolute Gasteiger partial charge is 0.497 e. The van der Waals surface area contributed by atoms with Gasteiger partial charge in [-0.15, -0.1) is 0 Å². The zero-order chi connectivity index (χ0) is 46.2. The molecule has 0 radical (unpaired) electrons. The number of aryl methyl sites for hydroxylation is 1. The minimum absolute atomic E-state index is 0.0152. The maximum atomic E-state index is 14.3. The molecule has 0 aliphatic heterocycles. The summed E-state index contributed by atoms with van der Waals surface area (Å²) in [7, 11) is 6.43. The van der Waals surface area contributed by atoms with Crippen molar-refractivity contribution < 1.29 is 33.3 Å². The normalized spacial score (nSPS) is 31.7. The number of Topliss-reactive ketones (excluding diaryl/α,β-unsaturated/α-hetero) is 2. The first-order valence-corrected chi connectivity index (χ1v) is 23.3. The number of ether oxygens (including phenoxy) is 4. The third-order valence-electron chi connectivity index (χ3n) is 16.8. The summed E-state index contributed by atoms with van der Waals surface area (Å²) in [4.78, 5) is 41.4. The van der Waals surface area contributed by atoms with E-state index in [9.17, 15) is 14.4 Å². The van der Waals surface area contributed by atoms with Gasteiger partial charge in [0.05, 0.1) is 28.4 Å². The highest BCUT2D eigenvalue weighted by Gasteiger charge is 2.60. The first kappa shape index (κ1) is 48.1. The number of benzene rings is 3. The maximum Gasteiger partial charge on any atom is 0.251 e. The van der Waals surface area contributed by atoms with Crippen LogP contribution >= 0.6 is 0 Å². The van der Waals surface area contributed by atoms with Crippen molar-refractivity contribution in [2.75, 3.05) is 28.4 Å². The lowest BCUT2D eigenvalue weighted by Crippen LogP contribution is -2.60. The Morgan fingerprint density at radius 1 is 0.587 bits per heavy atom. The van der Waals surface area contributed by atoms with Gasteiger partial charge < -0.3 is 30.0 Å². The fourth-order valence-corrected chi connectivity index (χ4v) is 13.5. The molecule has 0 heterocycles. The van der Waals surface area contributed by atoms with E-state index in [1.165, 1.54) is 12.8 Å². The van der Waals surface area contributed by atoms with Gasteiger partial charge in [-0.3, -0.25) is 14.4 Å². The Hall–Kier alpha value is -4.37. The quantitative estimate of drug-likeness (QED) is 0.193. The number of nitrogens with two attached hydrogens (primary N) is 1. The van der Waals surface area contributed by atoms with Crippen LogP contribution in [0.4, 0.5) is 0 Å². The number of hydrogen-bond acceptors (Lipinski definition) is 8. The molecular formula is C54H76N2O7. The molecule has 0 aromatic heterocycles. The molecule has 0 saturated heterocycles. The molecule has 4 aliphatic carbocycles. The molecule has 3 N–H and O–H groups in total. The monoisotopic (exact) mass is 865 g/mol. The smallest absolute Gasteiger partial charge is 0.251 e. The fraction of sp³-hybridized carbons (Fsp3) is 0.611. The Bertz CT molecular complexity index is 2100. The third kappa shape index (κ3) is 9.42. The van der Waals surface area contributed by atoms with Crippen LogP contribution in [-0.4, -0.2) is 58.0 Å². The molecule has 4 saturated carbocycles. The van der Waals surface area contributed by atoms with Crippen LogP contribution in [0.2, 0.25) is 0 Å². The molecule has 3 aromatic rings. The van der Waals surface area contributed by atoms with E-state index in [-0.39, 0.29) is 74.9 Å². The van der Waals surface area contributed by atoms with Gasteiger partial charge in [-0.05, 0) is 127 Å². The number of nitrogens with one attached hydrogen (secondary N) is 1. The van der Waals surface area contributed by atoms with Crippen LogP contribution in [0, 0.1) is 64.1 Å². The molecule has 10 atom stereocenters. The summed E-state index contributed by atoms with van der Waals surface area (Å²) >= 11 is 0. The Morgan fingerprint density at radius 2 is 1.02 bits per heavy atom. The Morgan fingerprint density at radius 3 is 1.44 bits per heavy atom. The number of methoxy groups -OCH3 is 4. The second-order valence-electron chi connectivity index (χ2n) is 21.5. The minimum atomic E-state index is -0.226. The van der Waals surface area contributed by atoms with Gasteiger partial charge >= 0.3 is 0 Å². The van der Waals surface area contributed by atoms with E-state index in [0.29, 0.717) is 51.5 Å². The van der Waals surface area contributed by atoms with Crippen LogP contribution in [0.5, 0.6) is 23.0 Å². The van der Waals surface area contributed by atoms with E-state index < -0.39 is 0 Å². The van der Waals surface area contributed by atoms with Gasteiger partial charge in [0.1, 0.15) is 23.0 Å². The second kappa shape index (κ2) is 18.6.